The minimum atomic E-state index is 0.344. The maximum atomic E-state index is 10.6. The number of aryl methyl sites for hydroxylation is 1. The fraction of sp³-hybridized carbons (Fsp3) is 0.600. The highest BCUT2D eigenvalue weighted by molar-refractivity contribution is 5.85. The van der Waals surface area contributed by atoms with Gasteiger partial charge in [-0.2, -0.15) is 5.10 Å². The summed E-state index contributed by atoms with van der Waals surface area (Å²) >= 11 is 0. The molecule has 13 heavy (non-hydrogen) atoms. The normalized spacial score (nSPS) is 16.1. The number of carbonyl (C=O) groups excluding carboxylic acids is 1. The molecule has 0 spiro atoms. The monoisotopic (exact) mass is 180 g/mol. The van der Waals surface area contributed by atoms with Crippen LogP contribution >= 0.6 is 0 Å². The van der Waals surface area contributed by atoms with Crippen LogP contribution in [0.15, 0.2) is 12.4 Å². The van der Waals surface area contributed by atoms with Crippen molar-refractivity contribution in [2.75, 3.05) is 0 Å². The summed E-state index contributed by atoms with van der Waals surface area (Å²) < 4.78 is 1.89. The summed E-state index contributed by atoms with van der Waals surface area (Å²) in [5, 5.41) is 4.14. The van der Waals surface area contributed by atoms with Gasteiger partial charge in [0.1, 0.15) is 5.78 Å². The Morgan fingerprint density at radius 1 is 1.46 bits per heavy atom. The SMILES string of the molecule is CC.Cc1cnn(C2CC(=O)C2)c1. The van der Waals surface area contributed by atoms with Crippen LogP contribution in [0.4, 0.5) is 0 Å². The van der Waals surface area contributed by atoms with E-state index in [2.05, 4.69) is 5.10 Å². The minimum absolute atomic E-state index is 0.344. The standard InChI is InChI=1S/C8H10N2O.C2H6/c1-6-4-9-10(5-6)7-2-8(11)3-7;1-2/h4-5,7H,2-3H2,1H3;1-2H3. The first-order valence-corrected chi connectivity index (χ1v) is 4.78. The van der Waals surface area contributed by atoms with E-state index in [4.69, 9.17) is 0 Å². The Balaban J connectivity index is 0.000000396. The van der Waals surface area contributed by atoms with Crippen molar-refractivity contribution >= 4 is 5.78 Å². The number of nitrogens with zero attached hydrogens (tertiary/aromatic N) is 2. The molecule has 1 aromatic heterocycles. The summed E-state index contributed by atoms with van der Waals surface area (Å²) in [5.74, 6) is 0.350. The highest BCUT2D eigenvalue weighted by Gasteiger charge is 2.28. The molecule has 0 unspecified atom stereocenters. The first-order valence-electron chi connectivity index (χ1n) is 4.78. The van der Waals surface area contributed by atoms with Gasteiger partial charge in [0.05, 0.1) is 12.2 Å². The minimum Gasteiger partial charge on any atom is -0.300 e. The van der Waals surface area contributed by atoms with Crippen molar-refractivity contribution < 1.29 is 4.79 Å². The molecule has 2 rings (SSSR count). The summed E-state index contributed by atoms with van der Waals surface area (Å²) in [6.07, 6.45) is 5.14. The zero-order valence-electron chi connectivity index (χ0n) is 8.45. The number of rotatable bonds is 1. The molecule has 0 saturated heterocycles. The van der Waals surface area contributed by atoms with Gasteiger partial charge in [0.15, 0.2) is 0 Å². The number of ketones is 1. The molecule has 0 bridgehead atoms. The number of Topliss-reactive ketones (excluding diaryl/α,β-unsaturated/α-hetero) is 1. The van der Waals surface area contributed by atoms with Gasteiger partial charge >= 0.3 is 0 Å². The van der Waals surface area contributed by atoms with Crippen LogP contribution in [0.2, 0.25) is 0 Å². The molecule has 0 N–H and O–H groups in total. The molecule has 0 aliphatic heterocycles. The van der Waals surface area contributed by atoms with Gasteiger partial charge in [-0.3, -0.25) is 9.48 Å². The van der Waals surface area contributed by atoms with E-state index < -0.39 is 0 Å². The van der Waals surface area contributed by atoms with Crippen molar-refractivity contribution in [3.63, 3.8) is 0 Å². The fourth-order valence-corrected chi connectivity index (χ4v) is 1.29. The van der Waals surface area contributed by atoms with Gasteiger partial charge in [-0.15, -0.1) is 0 Å². The predicted octanol–water partition coefficient (Wildman–Crippen LogP) is 2.12. The van der Waals surface area contributed by atoms with Crippen molar-refractivity contribution in [3.8, 4) is 0 Å². The molecule has 1 heterocycles. The molecule has 1 fully saturated rings. The molecular formula is C10H16N2O. The van der Waals surface area contributed by atoms with Crippen LogP contribution in [0.1, 0.15) is 38.3 Å². The number of aromatic nitrogens is 2. The largest absolute Gasteiger partial charge is 0.300 e. The highest BCUT2D eigenvalue weighted by atomic mass is 16.1. The van der Waals surface area contributed by atoms with Crippen LogP contribution in [0, 0.1) is 6.92 Å². The molecule has 72 valence electrons. The Morgan fingerprint density at radius 3 is 2.46 bits per heavy atom. The fourth-order valence-electron chi connectivity index (χ4n) is 1.29. The van der Waals surface area contributed by atoms with E-state index in [1.807, 2.05) is 37.8 Å². The first kappa shape index (κ1) is 9.96. The molecule has 0 radical (unpaired) electrons. The predicted molar refractivity (Wildman–Crippen MR) is 51.6 cm³/mol. The van der Waals surface area contributed by atoms with Gasteiger partial charge in [0.2, 0.25) is 0 Å². The molecule has 1 saturated carbocycles. The van der Waals surface area contributed by atoms with Gasteiger partial charge in [-0.1, -0.05) is 13.8 Å². The third-order valence-corrected chi connectivity index (χ3v) is 2.03. The van der Waals surface area contributed by atoms with Crippen LogP contribution in [0.5, 0.6) is 0 Å². The molecule has 1 aliphatic carbocycles. The third kappa shape index (κ3) is 2.17. The van der Waals surface area contributed by atoms with Gasteiger partial charge < -0.3 is 0 Å². The highest BCUT2D eigenvalue weighted by Crippen LogP contribution is 2.27. The Labute approximate surface area is 78.8 Å². The maximum Gasteiger partial charge on any atom is 0.137 e. The van der Waals surface area contributed by atoms with Crippen LogP contribution in [-0.4, -0.2) is 15.6 Å². The second kappa shape index (κ2) is 4.21. The van der Waals surface area contributed by atoms with Gasteiger partial charge in [0, 0.05) is 19.0 Å². The zero-order chi connectivity index (χ0) is 9.84. The van der Waals surface area contributed by atoms with E-state index >= 15 is 0 Å². The van der Waals surface area contributed by atoms with E-state index in [9.17, 15) is 4.79 Å². The summed E-state index contributed by atoms with van der Waals surface area (Å²) in [4.78, 5) is 10.6. The number of carbonyl (C=O) groups is 1. The van der Waals surface area contributed by atoms with Crippen LogP contribution in [0.3, 0.4) is 0 Å². The third-order valence-electron chi connectivity index (χ3n) is 2.03. The molecule has 1 aromatic rings. The molecule has 0 amide bonds. The second-order valence-electron chi connectivity index (χ2n) is 3.10. The Hall–Kier alpha value is -1.12. The quantitative estimate of drug-likeness (QED) is 0.663. The Morgan fingerprint density at radius 2 is 2.08 bits per heavy atom. The summed E-state index contributed by atoms with van der Waals surface area (Å²) in [7, 11) is 0. The second-order valence-corrected chi connectivity index (χ2v) is 3.10. The Bertz CT molecular complexity index is 283. The van der Waals surface area contributed by atoms with E-state index in [0.29, 0.717) is 24.7 Å². The van der Waals surface area contributed by atoms with Crippen molar-refractivity contribution in [2.45, 2.75) is 39.7 Å². The van der Waals surface area contributed by atoms with E-state index in [-0.39, 0.29) is 0 Å². The van der Waals surface area contributed by atoms with E-state index in [1.165, 1.54) is 0 Å². The zero-order valence-corrected chi connectivity index (χ0v) is 8.45. The summed E-state index contributed by atoms with van der Waals surface area (Å²) in [6, 6.07) is 0.344. The van der Waals surface area contributed by atoms with Crippen LogP contribution < -0.4 is 0 Å². The van der Waals surface area contributed by atoms with Crippen molar-refractivity contribution in [1.82, 2.24) is 9.78 Å². The van der Waals surface area contributed by atoms with Crippen LogP contribution in [0.25, 0.3) is 0 Å². The molecule has 1 aliphatic rings. The van der Waals surface area contributed by atoms with E-state index in [0.717, 1.165) is 5.56 Å². The maximum absolute atomic E-state index is 10.6. The lowest BCUT2D eigenvalue weighted by molar-refractivity contribution is -0.126. The van der Waals surface area contributed by atoms with Crippen LogP contribution in [-0.2, 0) is 4.79 Å². The molecule has 3 nitrogen and oxygen atoms in total. The number of hydrogen-bond donors (Lipinski definition) is 0. The lowest BCUT2D eigenvalue weighted by Gasteiger charge is -2.23. The lowest BCUT2D eigenvalue weighted by atomic mass is 9.92. The molecule has 0 aromatic carbocycles. The first-order chi connectivity index (χ1) is 6.25. The van der Waals surface area contributed by atoms with Gasteiger partial charge in [0.25, 0.3) is 0 Å². The molecule has 0 atom stereocenters. The average Bonchev–Trinajstić information content (AvgIpc) is 2.50. The van der Waals surface area contributed by atoms with Crippen molar-refractivity contribution in [3.05, 3.63) is 18.0 Å². The van der Waals surface area contributed by atoms with Gasteiger partial charge in [-0.05, 0) is 12.5 Å². The smallest absolute Gasteiger partial charge is 0.137 e. The lowest BCUT2D eigenvalue weighted by Crippen LogP contribution is -2.26. The molecule has 3 heteroatoms. The van der Waals surface area contributed by atoms with Crippen molar-refractivity contribution in [1.29, 1.82) is 0 Å². The Kier molecular flexibility index (Phi) is 3.23. The topological polar surface area (TPSA) is 34.9 Å². The molecular weight excluding hydrogens is 164 g/mol. The van der Waals surface area contributed by atoms with Gasteiger partial charge in [-0.25, -0.2) is 0 Å². The summed E-state index contributed by atoms with van der Waals surface area (Å²) in [6.45, 7) is 6.00. The average molecular weight is 180 g/mol. The van der Waals surface area contributed by atoms with Crippen molar-refractivity contribution in [2.24, 2.45) is 0 Å². The number of hydrogen-bond acceptors (Lipinski definition) is 2. The van der Waals surface area contributed by atoms with E-state index in [1.54, 1.807) is 0 Å². The summed E-state index contributed by atoms with van der Waals surface area (Å²) in [5.41, 5.74) is 1.16.